The standard InChI is InChI=1S/C8H5Cl3O/c9-4-6-2-1-5(8(11)12)3-7(6)10/h1-3H,4H2. The van der Waals surface area contributed by atoms with E-state index >= 15 is 0 Å². The number of alkyl halides is 1. The van der Waals surface area contributed by atoms with Gasteiger partial charge in [-0.1, -0.05) is 17.7 Å². The van der Waals surface area contributed by atoms with Gasteiger partial charge < -0.3 is 0 Å². The minimum Gasteiger partial charge on any atom is -0.276 e. The third kappa shape index (κ3) is 2.13. The van der Waals surface area contributed by atoms with E-state index in [4.69, 9.17) is 34.8 Å². The second-order valence-corrected chi connectivity index (χ2v) is 3.23. The Morgan fingerprint density at radius 1 is 1.42 bits per heavy atom. The van der Waals surface area contributed by atoms with E-state index in [-0.39, 0.29) is 0 Å². The smallest absolute Gasteiger partial charge is 0.252 e. The highest BCUT2D eigenvalue weighted by Crippen LogP contribution is 2.20. The van der Waals surface area contributed by atoms with Crippen LogP contribution in [0.25, 0.3) is 0 Å². The monoisotopic (exact) mass is 222 g/mol. The fourth-order valence-corrected chi connectivity index (χ4v) is 1.44. The molecular formula is C8H5Cl3O. The van der Waals surface area contributed by atoms with Gasteiger partial charge in [0, 0.05) is 16.5 Å². The van der Waals surface area contributed by atoms with Gasteiger partial charge in [0.25, 0.3) is 5.24 Å². The molecule has 0 radical (unpaired) electrons. The van der Waals surface area contributed by atoms with Crippen LogP contribution < -0.4 is 0 Å². The van der Waals surface area contributed by atoms with E-state index in [1.165, 1.54) is 6.07 Å². The molecule has 0 saturated heterocycles. The minimum atomic E-state index is -0.516. The van der Waals surface area contributed by atoms with Crippen molar-refractivity contribution in [1.29, 1.82) is 0 Å². The third-order valence-electron chi connectivity index (χ3n) is 1.42. The number of benzene rings is 1. The summed E-state index contributed by atoms with van der Waals surface area (Å²) in [6.45, 7) is 0. The molecule has 0 bridgehead atoms. The summed E-state index contributed by atoms with van der Waals surface area (Å²) in [6, 6.07) is 4.79. The number of rotatable bonds is 2. The zero-order valence-electron chi connectivity index (χ0n) is 5.98. The Bertz CT molecular complexity index is 309. The predicted molar refractivity (Wildman–Crippen MR) is 51.2 cm³/mol. The first-order valence-electron chi connectivity index (χ1n) is 3.19. The molecule has 0 atom stereocenters. The van der Waals surface area contributed by atoms with Crippen LogP contribution in [-0.2, 0) is 5.88 Å². The molecule has 1 aromatic carbocycles. The molecule has 0 fully saturated rings. The number of halogens is 3. The lowest BCUT2D eigenvalue weighted by molar-refractivity contribution is 0.108. The summed E-state index contributed by atoms with van der Waals surface area (Å²) >= 11 is 16.6. The van der Waals surface area contributed by atoms with Crippen molar-refractivity contribution < 1.29 is 4.79 Å². The molecule has 1 nitrogen and oxygen atoms in total. The largest absolute Gasteiger partial charge is 0.276 e. The molecule has 0 amide bonds. The zero-order valence-corrected chi connectivity index (χ0v) is 8.25. The van der Waals surface area contributed by atoms with Crippen molar-refractivity contribution in [3.63, 3.8) is 0 Å². The van der Waals surface area contributed by atoms with Gasteiger partial charge in [-0.3, -0.25) is 4.79 Å². The van der Waals surface area contributed by atoms with Gasteiger partial charge in [0.05, 0.1) is 0 Å². The number of carbonyl (C=O) groups is 1. The van der Waals surface area contributed by atoms with Crippen molar-refractivity contribution in [2.75, 3.05) is 0 Å². The quantitative estimate of drug-likeness (QED) is 0.554. The van der Waals surface area contributed by atoms with Crippen LogP contribution in [0.2, 0.25) is 5.02 Å². The summed E-state index contributed by atoms with van der Waals surface area (Å²) in [7, 11) is 0. The lowest BCUT2D eigenvalue weighted by Crippen LogP contribution is -1.90. The number of hydrogen-bond acceptors (Lipinski definition) is 1. The summed E-state index contributed by atoms with van der Waals surface area (Å²) in [5, 5.41) is -0.0467. The summed E-state index contributed by atoms with van der Waals surface area (Å²) in [5.41, 5.74) is 1.18. The lowest BCUT2D eigenvalue weighted by atomic mass is 10.2. The van der Waals surface area contributed by atoms with Crippen LogP contribution in [0.4, 0.5) is 0 Å². The van der Waals surface area contributed by atoms with Gasteiger partial charge in [-0.05, 0) is 29.3 Å². The second-order valence-electron chi connectivity index (χ2n) is 2.21. The highest BCUT2D eigenvalue weighted by molar-refractivity contribution is 6.67. The van der Waals surface area contributed by atoms with Crippen molar-refractivity contribution in [2.45, 2.75) is 5.88 Å². The molecule has 0 aromatic heterocycles. The van der Waals surface area contributed by atoms with Gasteiger partial charge in [-0.25, -0.2) is 0 Å². The van der Waals surface area contributed by atoms with Crippen molar-refractivity contribution in [2.24, 2.45) is 0 Å². The first kappa shape index (κ1) is 9.85. The normalized spacial score (nSPS) is 9.92. The third-order valence-corrected chi connectivity index (χ3v) is 2.28. The molecule has 64 valence electrons. The Hall–Kier alpha value is -0.240. The average molecular weight is 223 g/mol. The zero-order chi connectivity index (χ0) is 9.14. The van der Waals surface area contributed by atoms with Crippen LogP contribution in [0.5, 0.6) is 0 Å². The fourth-order valence-electron chi connectivity index (χ4n) is 0.778. The molecule has 0 aliphatic carbocycles. The Kier molecular flexibility index (Phi) is 3.39. The van der Waals surface area contributed by atoms with Gasteiger partial charge in [0.2, 0.25) is 0 Å². The summed E-state index contributed by atoms with van der Waals surface area (Å²) in [6.07, 6.45) is 0. The van der Waals surface area contributed by atoms with Crippen LogP contribution in [0.3, 0.4) is 0 Å². The van der Waals surface area contributed by atoms with Crippen molar-refractivity contribution in [3.8, 4) is 0 Å². The molecule has 0 unspecified atom stereocenters. The Morgan fingerprint density at radius 2 is 2.08 bits per heavy atom. The van der Waals surface area contributed by atoms with E-state index in [9.17, 15) is 4.79 Å². The lowest BCUT2D eigenvalue weighted by Gasteiger charge is -2.00. The fraction of sp³-hybridized carbons (Fsp3) is 0.125. The molecule has 12 heavy (non-hydrogen) atoms. The van der Waals surface area contributed by atoms with E-state index in [0.717, 1.165) is 5.56 Å². The van der Waals surface area contributed by atoms with Gasteiger partial charge in [0.1, 0.15) is 0 Å². The molecule has 1 aromatic rings. The predicted octanol–water partition coefficient (Wildman–Crippen LogP) is 3.46. The van der Waals surface area contributed by atoms with Crippen LogP contribution >= 0.6 is 34.8 Å². The van der Waals surface area contributed by atoms with Crippen LogP contribution in [-0.4, -0.2) is 5.24 Å². The molecule has 0 aliphatic rings. The molecule has 4 heteroatoms. The second kappa shape index (κ2) is 4.13. The van der Waals surface area contributed by atoms with Gasteiger partial charge in [-0.15, -0.1) is 11.6 Å². The summed E-state index contributed by atoms with van der Waals surface area (Å²) < 4.78 is 0. The van der Waals surface area contributed by atoms with E-state index in [1.54, 1.807) is 12.1 Å². The van der Waals surface area contributed by atoms with E-state index in [2.05, 4.69) is 0 Å². The number of hydrogen-bond donors (Lipinski definition) is 0. The maximum Gasteiger partial charge on any atom is 0.252 e. The van der Waals surface area contributed by atoms with Crippen LogP contribution in [0, 0.1) is 0 Å². The Labute approximate surface area is 85.2 Å². The maximum atomic E-state index is 10.7. The van der Waals surface area contributed by atoms with Gasteiger partial charge in [0.15, 0.2) is 0 Å². The first-order valence-corrected chi connectivity index (χ1v) is 4.48. The Morgan fingerprint density at radius 3 is 2.50 bits per heavy atom. The maximum absolute atomic E-state index is 10.7. The SMILES string of the molecule is O=C(Cl)c1ccc(CCl)c(Cl)c1. The molecule has 0 heterocycles. The van der Waals surface area contributed by atoms with E-state index < -0.39 is 5.24 Å². The number of carbonyl (C=O) groups excluding carboxylic acids is 1. The highest BCUT2D eigenvalue weighted by Gasteiger charge is 2.04. The van der Waals surface area contributed by atoms with Crippen LogP contribution in [0.15, 0.2) is 18.2 Å². The van der Waals surface area contributed by atoms with Crippen molar-refractivity contribution in [3.05, 3.63) is 34.3 Å². The molecule has 0 N–H and O–H groups in total. The first-order chi connectivity index (χ1) is 5.65. The van der Waals surface area contributed by atoms with Gasteiger partial charge in [-0.2, -0.15) is 0 Å². The van der Waals surface area contributed by atoms with E-state index in [0.29, 0.717) is 16.5 Å². The molecule has 1 rings (SSSR count). The topological polar surface area (TPSA) is 17.1 Å². The highest BCUT2D eigenvalue weighted by atomic mass is 35.5. The summed E-state index contributed by atoms with van der Waals surface area (Å²) in [5.74, 6) is 0.329. The van der Waals surface area contributed by atoms with E-state index in [1.807, 2.05) is 0 Å². The molecule has 0 aliphatic heterocycles. The molecule has 0 spiro atoms. The van der Waals surface area contributed by atoms with Crippen molar-refractivity contribution in [1.82, 2.24) is 0 Å². The Balaban J connectivity index is 3.10. The van der Waals surface area contributed by atoms with Crippen LogP contribution in [0.1, 0.15) is 15.9 Å². The van der Waals surface area contributed by atoms with Gasteiger partial charge >= 0.3 is 0 Å². The summed E-state index contributed by atoms with van der Waals surface area (Å²) in [4.78, 5) is 10.7. The average Bonchev–Trinajstić information content (AvgIpc) is 2.04. The van der Waals surface area contributed by atoms with Crippen molar-refractivity contribution >= 4 is 40.0 Å². The minimum absolute atomic E-state index is 0.329. The molecule has 0 saturated carbocycles. The molecular weight excluding hydrogens is 218 g/mol.